The van der Waals surface area contributed by atoms with E-state index in [0.29, 0.717) is 28.0 Å². The molecule has 0 radical (unpaired) electrons. The first-order valence-corrected chi connectivity index (χ1v) is 7.89. The van der Waals surface area contributed by atoms with Crippen LogP contribution in [0.1, 0.15) is 19.4 Å². The second kappa shape index (κ2) is 6.80. The zero-order valence-corrected chi connectivity index (χ0v) is 13.7. The zero-order chi connectivity index (χ0) is 17.1. The summed E-state index contributed by atoms with van der Waals surface area (Å²) in [5.41, 5.74) is 0.645. The van der Waals surface area contributed by atoms with Crippen LogP contribution in [0.3, 0.4) is 0 Å². The molecule has 0 saturated carbocycles. The van der Waals surface area contributed by atoms with Gasteiger partial charge in [0, 0.05) is 0 Å². The van der Waals surface area contributed by atoms with Crippen LogP contribution in [0.5, 0.6) is 0 Å². The molecule has 0 saturated heterocycles. The van der Waals surface area contributed by atoms with Crippen molar-refractivity contribution in [3.05, 3.63) is 63.9 Å². The van der Waals surface area contributed by atoms with Gasteiger partial charge in [-0.1, -0.05) is 48.0 Å². The predicted octanol–water partition coefficient (Wildman–Crippen LogP) is 3.03. The van der Waals surface area contributed by atoms with E-state index < -0.39 is 6.04 Å². The van der Waals surface area contributed by atoms with Crippen LogP contribution in [0, 0.1) is 0 Å². The van der Waals surface area contributed by atoms with Gasteiger partial charge < -0.3 is 5.32 Å². The lowest BCUT2D eigenvalue weighted by molar-refractivity contribution is -0.119. The fraction of sp³-hybridized carbons (Fsp3) is 0.176. The van der Waals surface area contributed by atoms with E-state index >= 15 is 0 Å². The van der Waals surface area contributed by atoms with E-state index in [2.05, 4.69) is 15.6 Å². The number of hydrogen-bond donors (Lipinski definition) is 1. The molecular weight excluding hydrogens is 328 g/mol. The Balaban J connectivity index is 1.97. The van der Waals surface area contributed by atoms with Crippen molar-refractivity contribution in [2.75, 3.05) is 5.32 Å². The fourth-order valence-corrected chi connectivity index (χ4v) is 2.64. The molecule has 0 aliphatic rings. The van der Waals surface area contributed by atoms with Gasteiger partial charge >= 0.3 is 0 Å². The number of nitrogens with zero attached hydrogens (tertiary/aromatic N) is 3. The van der Waals surface area contributed by atoms with Crippen molar-refractivity contribution in [2.45, 2.75) is 19.4 Å². The molecule has 7 heteroatoms. The van der Waals surface area contributed by atoms with Crippen molar-refractivity contribution in [1.82, 2.24) is 15.0 Å². The number of hydrogen-bond acceptors (Lipinski definition) is 4. The summed E-state index contributed by atoms with van der Waals surface area (Å²) in [4.78, 5) is 25.2. The lowest BCUT2D eigenvalue weighted by Gasteiger charge is -2.16. The third-order valence-electron chi connectivity index (χ3n) is 3.71. The third-order valence-corrected chi connectivity index (χ3v) is 4.04. The maximum absolute atomic E-state index is 12.6. The molecule has 1 aromatic heterocycles. The molecule has 0 aliphatic heterocycles. The van der Waals surface area contributed by atoms with Gasteiger partial charge in [0.25, 0.3) is 5.56 Å². The van der Waals surface area contributed by atoms with Gasteiger partial charge in [0.2, 0.25) is 5.91 Å². The minimum absolute atomic E-state index is 0.346. The first-order chi connectivity index (χ1) is 11.6. The van der Waals surface area contributed by atoms with Crippen LogP contribution >= 0.6 is 11.6 Å². The third kappa shape index (κ3) is 3.00. The Morgan fingerprint density at radius 3 is 2.67 bits per heavy atom. The lowest BCUT2D eigenvalue weighted by Crippen LogP contribution is -2.35. The highest BCUT2D eigenvalue weighted by Crippen LogP contribution is 2.22. The molecule has 0 fully saturated rings. The van der Waals surface area contributed by atoms with Gasteiger partial charge in [-0.3, -0.25) is 9.59 Å². The van der Waals surface area contributed by atoms with Gasteiger partial charge in [-0.05, 0) is 30.7 Å². The number of fused-ring (bicyclic) bond motifs is 1. The molecule has 0 aliphatic carbocycles. The number of aromatic nitrogens is 3. The van der Waals surface area contributed by atoms with E-state index in [-0.39, 0.29) is 11.5 Å². The smallest absolute Gasteiger partial charge is 0.278 e. The van der Waals surface area contributed by atoms with Crippen LogP contribution in [-0.2, 0) is 4.79 Å². The molecule has 6 nitrogen and oxygen atoms in total. The van der Waals surface area contributed by atoms with Crippen molar-refractivity contribution < 1.29 is 4.79 Å². The fourth-order valence-electron chi connectivity index (χ4n) is 2.45. The SMILES string of the molecule is CCC(C(=O)Nc1ccccc1Cl)n1nnc2ccccc2c1=O. The molecule has 24 heavy (non-hydrogen) atoms. The minimum atomic E-state index is -0.772. The lowest BCUT2D eigenvalue weighted by atomic mass is 10.2. The molecule has 1 unspecified atom stereocenters. The topological polar surface area (TPSA) is 76.9 Å². The highest BCUT2D eigenvalue weighted by molar-refractivity contribution is 6.33. The molecule has 3 aromatic rings. The molecule has 3 rings (SSSR count). The monoisotopic (exact) mass is 342 g/mol. The van der Waals surface area contributed by atoms with Gasteiger partial charge in [-0.15, -0.1) is 5.10 Å². The minimum Gasteiger partial charge on any atom is -0.323 e. The molecule has 1 heterocycles. The van der Waals surface area contributed by atoms with Gasteiger partial charge in [-0.25, -0.2) is 0 Å². The van der Waals surface area contributed by atoms with Crippen LogP contribution < -0.4 is 10.9 Å². The summed E-state index contributed by atoms with van der Waals surface area (Å²) in [5, 5.41) is 11.5. The summed E-state index contributed by atoms with van der Waals surface area (Å²) in [5.74, 6) is -0.364. The Morgan fingerprint density at radius 2 is 1.92 bits per heavy atom. The molecule has 2 aromatic carbocycles. The predicted molar refractivity (Wildman–Crippen MR) is 93.2 cm³/mol. The van der Waals surface area contributed by atoms with E-state index in [0.717, 1.165) is 4.68 Å². The number of amides is 1. The summed E-state index contributed by atoms with van der Waals surface area (Å²) < 4.78 is 1.12. The van der Waals surface area contributed by atoms with Crippen molar-refractivity contribution >= 4 is 34.1 Å². The summed E-state index contributed by atoms with van der Waals surface area (Å²) in [6.45, 7) is 1.81. The molecule has 0 bridgehead atoms. The second-order valence-corrected chi connectivity index (χ2v) is 5.66. The number of rotatable bonds is 4. The van der Waals surface area contributed by atoms with Crippen LogP contribution in [-0.4, -0.2) is 20.9 Å². The highest BCUT2D eigenvalue weighted by atomic mass is 35.5. The van der Waals surface area contributed by atoms with E-state index in [1.165, 1.54) is 0 Å². The Bertz CT molecular complexity index is 954. The Kier molecular flexibility index (Phi) is 4.57. The van der Waals surface area contributed by atoms with Gasteiger partial charge in [0.05, 0.1) is 16.1 Å². The second-order valence-electron chi connectivity index (χ2n) is 5.25. The molecular formula is C17H15ClN4O2. The Morgan fingerprint density at radius 1 is 1.21 bits per heavy atom. The number of halogens is 1. The standard InChI is InChI=1S/C17H15ClN4O2/c1-2-15(16(23)19-14-10-6-4-8-12(14)18)22-17(24)11-7-3-5-9-13(11)20-21-22/h3-10,15H,2H2,1H3,(H,19,23). The summed E-state index contributed by atoms with van der Waals surface area (Å²) >= 11 is 6.06. The molecule has 0 spiro atoms. The number of benzene rings is 2. The molecule has 1 atom stereocenters. The van der Waals surface area contributed by atoms with Gasteiger partial charge in [0.1, 0.15) is 11.6 Å². The summed E-state index contributed by atoms with van der Waals surface area (Å²) in [6, 6.07) is 13.1. The number of anilines is 1. The van der Waals surface area contributed by atoms with Crippen LogP contribution in [0.4, 0.5) is 5.69 Å². The van der Waals surface area contributed by atoms with Crippen molar-refractivity contribution in [1.29, 1.82) is 0 Å². The largest absolute Gasteiger partial charge is 0.323 e. The zero-order valence-electron chi connectivity index (χ0n) is 12.9. The van der Waals surface area contributed by atoms with E-state index in [1.54, 1.807) is 55.5 Å². The Hall–Kier alpha value is -2.73. The average molecular weight is 343 g/mol. The number of carbonyl (C=O) groups is 1. The molecule has 1 N–H and O–H groups in total. The van der Waals surface area contributed by atoms with Crippen LogP contribution in [0.25, 0.3) is 10.9 Å². The van der Waals surface area contributed by atoms with Crippen molar-refractivity contribution in [3.63, 3.8) is 0 Å². The van der Waals surface area contributed by atoms with Crippen LogP contribution in [0.2, 0.25) is 5.02 Å². The summed E-state index contributed by atoms with van der Waals surface area (Å²) in [6.07, 6.45) is 0.392. The van der Waals surface area contributed by atoms with E-state index in [1.807, 2.05) is 0 Å². The number of para-hydroxylation sites is 1. The van der Waals surface area contributed by atoms with Gasteiger partial charge in [0.15, 0.2) is 0 Å². The van der Waals surface area contributed by atoms with Crippen molar-refractivity contribution in [2.24, 2.45) is 0 Å². The quantitative estimate of drug-likeness (QED) is 0.790. The first kappa shape index (κ1) is 16.1. The van der Waals surface area contributed by atoms with E-state index in [9.17, 15) is 9.59 Å². The maximum atomic E-state index is 12.6. The molecule has 1 amide bonds. The maximum Gasteiger partial charge on any atom is 0.278 e. The summed E-state index contributed by atoms with van der Waals surface area (Å²) in [7, 11) is 0. The number of nitrogens with one attached hydrogen (secondary N) is 1. The normalized spacial score (nSPS) is 12.1. The first-order valence-electron chi connectivity index (χ1n) is 7.51. The number of carbonyl (C=O) groups excluding carboxylic acids is 1. The average Bonchev–Trinajstić information content (AvgIpc) is 2.60. The van der Waals surface area contributed by atoms with Crippen molar-refractivity contribution in [3.8, 4) is 0 Å². The van der Waals surface area contributed by atoms with Gasteiger partial charge in [-0.2, -0.15) is 4.68 Å². The Labute approximate surface area is 143 Å². The van der Waals surface area contributed by atoms with E-state index in [4.69, 9.17) is 11.6 Å². The van der Waals surface area contributed by atoms with Crippen LogP contribution in [0.15, 0.2) is 53.3 Å². The molecule has 122 valence electrons. The highest BCUT2D eigenvalue weighted by Gasteiger charge is 2.22.